The molecule has 1 amide bonds. The summed E-state index contributed by atoms with van der Waals surface area (Å²) in [6.45, 7) is 3.56. The van der Waals surface area contributed by atoms with E-state index in [2.05, 4.69) is 10.2 Å². The number of aromatic nitrogens is 3. The summed E-state index contributed by atoms with van der Waals surface area (Å²) in [4.78, 5) is 14.6. The molecule has 0 saturated carbocycles. The zero-order chi connectivity index (χ0) is 17.3. The molecule has 0 fully saturated rings. The van der Waals surface area contributed by atoms with Crippen molar-refractivity contribution in [3.05, 3.63) is 40.4 Å². The lowest BCUT2D eigenvalue weighted by molar-refractivity contribution is 0.0632. The number of carbonyl (C=O) groups excluding carboxylic acids is 1. The number of amides is 1. The first-order valence-electron chi connectivity index (χ1n) is 7.62. The van der Waals surface area contributed by atoms with Crippen molar-refractivity contribution in [3.8, 4) is 5.75 Å². The Hall–Kier alpha value is -2.12. The Morgan fingerprint density at radius 1 is 1.33 bits per heavy atom. The number of methoxy groups -OCH3 is 2. The van der Waals surface area contributed by atoms with E-state index in [9.17, 15) is 4.79 Å². The largest absolute Gasteiger partial charge is 0.495 e. The molecule has 3 rings (SSSR count). The van der Waals surface area contributed by atoms with Crippen LogP contribution in [0.5, 0.6) is 5.75 Å². The molecule has 0 N–H and O–H groups in total. The van der Waals surface area contributed by atoms with Gasteiger partial charge in [0.15, 0.2) is 11.6 Å². The van der Waals surface area contributed by atoms with Gasteiger partial charge in [0, 0.05) is 25.8 Å². The third-order valence-corrected chi connectivity index (χ3v) is 4.49. The van der Waals surface area contributed by atoms with E-state index in [0.717, 1.165) is 11.6 Å². The number of halogens is 1. The van der Waals surface area contributed by atoms with Gasteiger partial charge in [-0.15, -0.1) is 10.2 Å². The smallest absolute Gasteiger partial charge is 0.254 e. The fourth-order valence-corrected chi connectivity index (χ4v) is 3.18. The molecule has 1 aliphatic heterocycles. The van der Waals surface area contributed by atoms with Crippen molar-refractivity contribution in [1.29, 1.82) is 0 Å². The lowest BCUT2D eigenvalue weighted by atomic mass is 10.1. The van der Waals surface area contributed by atoms with Gasteiger partial charge in [-0.2, -0.15) is 0 Å². The van der Waals surface area contributed by atoms with Gasteiger partial charge in [-0.25, -0.2) is 0 Å². The molecule has 0 saturated heterocycles. The maximum absolute atomic E-state index is 12.8. The van der Waals surface area contributed by atoms with Crippen LogP contribution < -0.4 is 4.74 Å². The molecule has 0 spiro atoms. The average molecular weight is 351 g/mol. The van der Waals surface area contributed by atoms with Crippen LogP contribution in [0.1, 0.15) is 35.0 Å². The van der Waals surface area contributed by atoms with Crippen LogP contribution in [0, 0.1) is 0 Å². The second-order valence-corrected chi connectivity index (χ2v) is 5.99. The second-order valence-electron chi connectivity index (χ2n) is 5.58. The summed E-state index contributed by atoms with van der Waals surface area (Å²) in [5.74, 6) is 2.00. The Bertz CT molecular complexity index is 762. The molecule has 1 aliphatic rings. The highest BCUT2D eigenvalue weighted by Gasteiger charge is 2.31. The van der Waals surface area contributed by atoms with Gasteiger partial charge < -0.3 is 18.9 Å². The van der Waals surface area contributed by atoms with Gasteiger partial charge in [-0.3, -0.25) is 4.79 Å². The van der Waals surface area contributed by atoms with Crippen molar-refractivity contribution in [3.63, 3.8) is 0 Å². The third-order valence-electron chi connectivity index (χ3n) is 4.19. The maximum Gasteiger partial charge on any atom is 0.254 e. The van der Waals surface area contributed by atoms with Crippen molar-refractivity contribution in [2.45, 2.75) is 26.1 Å². The molecule has 0 radical (unpaired) electrons. The molecular formula is C16H19ClN4O3. The van der Waals surface area contributed by atoms with E-state index in [-0.39, 0.29) is 11.9 Å². The van der Waals surface area contributed by atoms with Crippen LogP contribution in [0.25, 0.3) is 0 Å². The fourth-order valence-electron chi connectivity index (χ4n) is 2.92. The van der Waals surface area contributed by atoms with Gasteiger partial charge in [0.1, 0.15) is 12.4 Å². The molecule has 1 aromatic carbocycles. The number of benzene rings is 1. The molecule has 0 bridgehead atoms. The molecule has 1 atom stereocenters. The topological polar surface area (TPSA) is 69.5 Å². The van der Waals surface area contributed by atoms with Crippen LogP contribution in [0.2, 0.25) is 5.02 Å². The molecule has 128 valence electrons. The summed E-state index contributed by atoms with van der Waals surface area (Å²) < 4.78 is 12.3. The van der Waals surface area contributed by atoms with E-state index in [1.165, 1.54) is 0 Å². The zero-order valence-electron chi connectivity index (χ0n) is 13.8. The van der Waals surface area contributed by atoms with E-state index in [0.29, 0.717) is 36.0 Å². The molecule has 2 heterocycles. The minimum Gasteiger partial charge on any atom is -0.495 e. The van der Waals surface area contributed by atoms with E-state index in [4.69, 9.17) is 21.1 Å². The van der Waals surface area contributed by atoms with Gasteiger partial charge >= 0.3 is 0 Å². The highest BCUT2D eigenvalue weighted by molar-refractivity contribution is 6.32. The van der Waals surface area contributed by atoms with Crippen LogP contribution in [-0.4, -0.2) is 46.3 Å². The first kappa shape index (κ1) is 16.7. The predicted octanol–water partition coefficient (Wildman–Crippen LogP) is 2.30. The lowest BCUT2D eigenvalue weighted by Crippen LogP contribution is -2.41. The lowest BCUT2D eigenvalue weighted by Gasteiger charge is -2.33. The van der Waals surface area contributed by atoms with Crippen molar-refractivity contribution >= 4 is 17.5 Å². The highest BCUT2D eigenvalue weighted by atomic mass is 35.5. The van der Waals surface area contributed by atoms with E-state index in [1.54, 1.807) is 37.3 Å². The van der Waals surface area contributed by atoms with E-state index in [1.807, 2.05) is 11.5 Å². The molecule has 7 nitrogen and oxygen atoms in total. The first-order valence-corrected chi connectivity index (χ1v) is 8.00. The maximum atomic E-state index is 12.8. The number of hydrogen-bond donors (Lipinski definition) is 0. The Kier molecular flexibility index (Phi) is 4.73. The third kappa shape index (κ3) is 2.85. The Morgan fingerprint density at radius 3 is 2.79 bits per heavy atom. The average Bonchev–Trinajstić information content (AvgIpc) is 2.99. The van der Waals surface area contributed by atoms with Crippen LogP contribution >= 0.6 is 11.6 Å². The van der Waals surface area contributed by atoms with Gasteiger partial charge in [0.2, 0.25) is 0 Å². The summed E-state index contributed by atoms with van der Waals surface area (Å²) >= 11 is 6.13. The number of fused-ring (bicyclic) bond motifs is 1. The zero-order valence-corrected chi connectivity index (χ0v) is 14.6. The summed E-state index contributed by atoms with van der Waals surface area (Å²) in [7, 11) is 3.16. The van der Waals surface area contributed by atoms with Crippen molar-refractivity contribution in [1.82, 2.24) is 19.7 Å². The molecular weight excluding hydrogens is 332 g/mol. The second kappa shape index (κ2) is 6.78. The van der Waals surface area contributed by atoms with Crippen molar-refractivity contribution in [2.75, 3.05) is 20.8 Å². The van der Waals surface area contributed by atoms with Crippen molar-refractivity contribution in [2.24, 2.45) is 0 Å². The summed E-state index contributed by atoms with van der Waals surface area (Å²) in [5.41, 5.74) is 0.526. The Balaban J connectivity index is 1.85. The minimum atomic E-state index is -0.176. The van der Waals surface area contributed by atoms with E-state index < -0.39 is 0 Å². The minimum absolute atomic E-state index is 0.0883. The summed E-state index contributed by atoms with van der Waals surface area (Å²) in [5, 5.41) is 8.79. The monoisotopic (exact) mass is 350 g/mol. The molecule has 8 heteroatoms. The Labute approximate surface area is 145 Å². The fraction of sp³-hybridized carbons (Fsp3) is 0.438. The molecule has 2 aromatic rings. The molecule has 24 heavy (non-hydrogen) atoms. The number of rotatable bonds is 4. The number of ether oxygens (including phenoxy) is 2. The van der Waals surface area contributed by atoms with Gasteiger partial charge in [-0.1, -0.05) is 11.6 Å². The number of carbonyl (C=O) groups is 1. The van der Waals surface area contributed by atoms with E-state index >= 15 is 0 Å². The van der Waals surface area contributed by atoms with Crippen LogP contribution in [0.4, 0.5) is 0 Å². The molecule has 1 aromatic heterocycles. The standard InChI is InChI=1S/C16H19ClN4O3/c1-10-15-19-18-14(9-23-2)21(15)7-6-20(10)16(22)11-4-5-13(24-3)12(17)8-11/h4-5,8,10H,6-7,9H2,1-3H3/t10-/m1/s1. The molecule has 0 aliphatic carbocycles. The predicted molar refractivity (Wildman–Crippen MR) is 88.2 cm³/mol. The quantitative estimate of drug-likeness (QED) is 0.846. The summed E-state index contributed by atoms with van der Waals surface area (Å²) in [6.07, 6.45) is 0. The van der Waals surface area contributed by atoms with Crippen LogP contribution in [0.15, 0.2) is 18.2 Å². The Morgan fingerprint density at radius 2 is 2.12 bits per heavy atom. The molecule has 0 unspecified atom stereocenters. The SMILES string of the molecule is COCc1nnc2n1CCN(C(=O)c1ccc(OC)c(Cl)c1)[C@@H]2C. The van der Waals surface area contributed by atoms with Gasteiger partial charge in [0.05, 0.1) is 18.2 Å². The summed E-state index contributed by atoms with van der Waals surface area (Å²) in [6, 6.07) is 4.87. The number of hydrogen-bond acceptors (Lipinski definition) is 5. The van der Waals surface area contributed by atoms with Crippen LogP contribution in [0.3, 0.4) is 0 Å². The normalized spacial score (nSPS) is 16.8. The van der Waals surface area contributed by atoms with Crippen LogP contribution in [-0.2, 0) is 17.9 Å². The van der Waals surface area contributed by atoms with Crippen molar-refractivity contribution < 1.29 is 14.3 Å². The highest BCUT2D eigenvalue weighted by Crippen LogP contribution is 2.29. The van der Waals surface area contributed by atoms with Gasteiger partial charge in [0.25, 0.3) is 5.91 Å². The first-order chi connectivity index (χ1) is 11.6. The number of nitrogens with zero attached hydrogens (tertiary/aromatic N) is 4. The van der Waals surface area contributed by atoms with Gasteiger partial charge in [-0.05, 0) is 25.1 Å².